The monoisotopic (exact) mass is 280 g/mol. The van der Waals surface area contributed by atoms with E-state index in [4.69, 9.17) is 4.74 Å². The molecule has 0 N–H and O–H groups in total. The first-order valence-electron chi connectivity index (χ1n) is 6.90. The third-order valence-electron chi connectivity index (χ3n) is 4.10. The Balaban J connectivity index is 2.25. The van der Waals surface area contributed by atoms with Gasteiger partial charge in [0.2, 0.25) is 5.88 Å². The number of hydrogen-bond acceptors (Lipinski definition) is 4. The summed E-state index contributed by atoms with van der Waals surface area (Å²) in [5.74, 6) is 1.02. The molecule has 1 fully saturated rings. The molecule has 1 saturated heterocycles. The average molecular weight is 280 g/mol. The lowest BCUT2D eigenvalue weighted by molar-refractivity contribution is 0.0777. The highest BCUT2D eigenvalue weighted by Crippen LogP contribution is 2.27. The van der Waals surface area contributed by atoms with E-state index >= 15 is 0 Å². The van der Waals surface area contributed by atoms with E-state index < -0.39 is 0 Å². The van der Waals surface area contributed by atoms with Crippen molar-refractivity contribution >= 4 is 5.91 Å². The number of ether oxygens (including phenoxy) is 1. The Bertz CT molecular complexity index is 510. The predicted octanol–water partition coefficient (Wildman–Crippen LogP) is 0.759. The Labute approximate surface area is 120 Å². The maximum atomic E-state index is 12.7. The van der Waals surface area contributed by atoms with E-state index in [2.05, 4.69) is 31.0 Å². The van der Waals surface area contributed by atoms with Crippen LogP contribution >= 0.6 is 0 Å². The van der Waals surface area contributed by atoms with Gasteiger partial charge in [0.25, 0.3) is 5.91 Å². The van der Waals surface area contributed by atoms with Crippen LogP contribution in [0.3, 0.4) is 0 Å². The molecule has 1 aliphatic rings. The van der Waals surface area contributed by atoms with Gasteiger partial charge in [-0.25, -0.2) is 4.68 Å². The molecule has 0 bridgehead atoms. The quantitative estimate of drug-likeness (QED) is 0.820. The standard InChI is InChI=1S/C14H24N4O2/c1-9-7-18(8-11(9)16(3)4)13(19)12-10(2)15-17(5)14(12)20-6/h9,11H,7-8H2,1-6H3/t9-,11+/m0/s1. The van der Waals surface area contributed by atoms with Gasteiger partial charge in [0.05, 0.1) is 12.8 Å². The van der Waals surface area contributed by atoms with Crippen molar-refractivity contribution in [2.45, 2.75) is 19.9 Å². The minimum Gasteiger partial charge on any atom is -0.481 e. The first kappa shape index (κ1) is 14.8. The van der Waals surface area contributed by atoms with Crippen molar-refractivity contribution in [1.82, 2.24) is 19.6 Å². The Kier molecular flexibility index (Phi) is 4.04. The number of nitrogens with zero attached hydrogens (tertiary/aromatic N) is 4. The van der Waals surface area contributed by atoms with Crippen molar-refractivity contribution in [3.05, 3.63) is 11.3 Å². The molecule has 2 heterocycles. The van der Waals surface area contributed by atoms with Gasteiger partial charge in [-0.3, -0.25) is 4.79 Å². The summed E-state index contributed by atoms with van der Waals surface area (Å²) in [5.41, 5.74) is 1.30. The zero-order chi connectivity index (χ0) is 15.0. The summed E-state index contributed by atoms with van der Waals surface area (Å²) in [6.07, 6.45) is 0. The third-order valence-corrected chi connectivity index (χ3v) is 4.10. The molecule has 6 nitrogen and oxygen atoms in total. The SMILES string of the molecule is COc1c(C(=O)N2C[C@@H](N(C)C)[C@@H](C)C2)c(C)nn1C. The molecule has 1 aliphatic heterocycles. The minimum atomic E-state index is 0.0173. The highest BCUT2D eigenvalue weighted by Gasteiger charge is 2.36. The van der Waals surface area contributed by atoms with Crippen LogP contribution in [0.2, 0.25) is 0 Å². The van der Waals surface area contributed by atoms with Gasteiger partial charge >= 0.3 is 0 Å². The fraction of sp³-hybridized carbons (Fsp3) is 0.714. The van der Waals surface area contributed by atoms with Crippen LogP contribution in [0.1, 0.15) is 23.0 Å². The molecule has 2 rings (SSSR count). The molecule has 1 amide bonds. The van der Waals surface area contributed by atoms with Crippen LogP contribution in [-0.2, 0) is 7.05 Å². The van der Waals surface area contributed by atoms with Gasteiger partial charge < -0.3 is 14.5 Å². The Morgan fingerprint density at radius 1 is 1.40 bits per heavy atom. The largest absolute Gasteiger partial charge is 0.481 e. The summed E-state index contributed by atoms with van der Waals surface area (Å²) in [5, 5.41) is 4.28. The lowest BCUT2D eigenvalue weighted by Gasteiger charge is -2.22. The number of methoxy groups -OCH3 is 1. The van der Waals surface area contributed by atoms with Crippen molar-refractivity contribution in [1.29, 1.82) is 0 Å². The fourth-order valence-corrected chi connectivity index (χ4v) is 3.06. The maximum Gasteiger partial charge on any atom is 0.261 e. The first-order chi connectivity index (χ1) is 9.36. The number of likely N-dealkylation sites (tertiary alicyclic amines) is 1. The third kappa shape index (κ3) is 2.40. The molecule has 0 saturated carbocycles. The van der Waals surface area contributed by atoms with Crippen molar-refractivity contribution in [2.75, 3.05) is 34.3 Å². The van der Waals surface area contributed by atoms with Gasteiger partial charge in [0.15, 0.2) is 0 Å². The molecule has 6 heteroatoms. The van der Waals surface area contributed by atoms with Crippen LogP contribution < -0.4 is 4.74 Å². The summed E-state index contributed by atoms with van der Waals surface area (Å²) in [7, 11) is 7.48. The summed E-state index contributed by atoms with van der Waals surface area (Å²) in [4.78, 5) is 16.8. The van der Waals surface area contributed by atoms with Crippen molar-refractivity contribution in [2.24, 2.45) is 13.0 Å². The maximum absolute atomic E-state index is 12.7. The second-order valence-corrected chi connectivity index (χ2v) is 5.81. The molecule has 0 radical (unpaired) electrons. The lowest BCUT2D eigenvalue weighted by Crippen LogP contribution is -2.36. The number of aromatic nitrogens is 2. The summed E-state index contributed by atoms with van der Waals surface area (Å²) >= 11 is 0. The van der Waals surface area contributed by atoms with Crippen LogP contribution in [0.15, 0.2) is 0 Å². The van der Waals surface area contributed by atoms with Crippen molar-refractivity contribution in [3.63, 3.8) is 0 Å². The molecule has 0 aromatic carbocycles. The van der Waals surface area contributed by atoms with Crippen molar-refractivity contribution in [3.8, 4) is 5.88 Å². The van der Waals surface area contributed by atoms with E-state index in [0.717, 1.165) is 18.8 Å². The smallest absolute Gasteiger partial charge is 0.261 e. The van der Waals surface area contributed by atoms with Gasteiger partial charge in [0, 0.05) is 26.2 Å². The van der Waals surface area contributed by atoms with E-state index in [1.165, 1.54) is 0 Å². The average Bonchev–Trinajstić information content (AvgIpc) is 2.88. The zero-order valence-corrected chi connectivity index (χ0v) is 13.2. The molecule has 2 atom stereocenters. The fourth-order valence-electron chi connectivity index (χ4n) is 3.06. The van der Waals surface area contributed by atoms with Gasteiger partial charge in [-0.15, -0.1) is 0 Å². The van der Waals surface area contributed by atoms with Crippen LogP contribution in [0.25, 0.3) is 0 Å². The molecular formula is C14H24N4O2. The predicted molar refractivity (Wildman–Crippen MR) is 77.0 cm³/mol. The van der Waals surface area contributed by atoms with Gasteiger partial charge in [-0.05, 0) is 26.9 Å². The second-order valence-electron chi connectivity index (χ2n) is 5.81. The van der Waals surface area contributed by atoms with Crippen LogP contribution in [0.4, 0.5) is 0 Å². The zero-order valence-electron chi connectivity index (χ0n) is 13.2. The summed E-state index contributed by atoms with van der Waals surface area (Å²) < 4.78 is 6.94. The number of carbonyl (C=O) groups is 1. The molecule has 1 aromatic heterocycles. The molecule has 1 aromatic rings. The van der Waals surface area contributed by atoms with E-state index in [9.17, 15) is 4.79 Å². The topological polar surface area (TPSA) is 50.6 Å². The number of likely N-dealkylation sites (N-methyl/N-ethyl adjacent to an activating group) is 1. The lowest BCUT2D eigenvalue weighted by atomic mass is 10.1. The highest BCUT2D eigenvalue weighted by molar-refractivity contribution is 5.97. The van der Waals surface area contributed by atoms with E-state index in [-0.39, 0.29) is 5.91 Å². The van der Waals surface area contributed by atoms with Crippen molar-refractivity contribution < 1.29 is 9.53 Å². The minimum absolute atomic E-state index is 0.0173. The number of aryl methyl sites for hydroxylation is 2. The Morgan fingerprint density at radius 3 is 2.55 bits per heavy atom. The normalized spacial score (nSPS) is 22.6. The second kappa shape index (κ2) is 5.44. The van der Waals surface area contributed by atoms with Crippen LogP contribution in [0, 0.1) is 12.8 Å². The number of hydrogen-bond donors (Lipinski definition) is 0. The molecule has 0 unspecified atom stereocenters. The highest BCUT2D eigenvalue weighted by atomic mass is 16.5. The number of rotatable bonds is 3. The molecule has 112 valence electrons. The van der Waals surface area contributed by atoms with Gasteiger partial charge in [-0.1, -0.05) is 6.92 Å². The first-order valence-corrected chi connectivity index (χ1v) is 6.90. The molecule has 0 aliphatic carbocycles. The summed E-state index contributed by atoms with van der Waals surface area (Å²) in [6.45, 7) is 5.56. The van der Waals surface area contributed by atoms with E-state index in [1.807, 2.05) is 11.8 Å². The Morgan fingerprint density at radius 2 is 2.05 bits per heavy atom. The van der Waals surface area contributed by atoms with Crippen LogP contribution in [-0.4, -0.2) is 65.8 Å². The summed E-state index contributed by atoms with van der Waals surface area (Å²) in [6, 6.07) is 0.405. The van der Waals surface area contributed by atoms with Gasteiger partial charge in [0.1, 0.15) is 5.56 Å². The Hall–Kier alpha value is -1.56. The number of carbonyl (C=O) groups excluding carboxylic acids is 1. The molecule has 20 heavy (non-hydrogen) atoms. The molecular weight excluding hydrogens is 256 g/mol. The molecule has 0 spiro atoms. The number of amides is 1. The van der Waals surface area contributed by atoms with E-state index in [1.54, 1.807) is 18.8 Å². The van der Waals surface area contributed by atoms with Gasteiger partial charge in [-0.2, -0.15) is 5.10 Å². The van der Waals surface area contributed by atoms with E-state index in [0.29, 0.717) is 23.4 Å². The van der Waals surface area contributed by atoms with Crippen LogP contribution in [0.5, 0.6) is 5.88 Å².